The zero-order chi connectivity index (χ0) is 22.9. The van der Waals surface area contributed by atoms with Crippen LogP contribution in [0.2, 0.25) is 5.02 Å². The van der Waals surface area contributed by atoms with E-state index < -0.39 is 0 Å². The van der Waals surface area contributed by atoms with E-state index in [1.54, 1.807) is 42.5 Å². The Kier molecular flexibility index (Phi) is 8.06. The first kappa shape index (κ1) is 23.0. The van der Waals surface area contributed by atoms with Crippen LogP contribution in [0.5, 0.6) is 17.2 Å². The SMILES string of the molecule is O=C(Nc1cccc(Cl)c1OCC1CCCO1)c1cccc(OCCOc2ccccc2)c1. The summed E-state index contributed by atoms with van der Waals surface area (Å²) < 4.78 is 22.9. The van der Waals surface area contributed by atoms with Crippen molar-refractivity contribution in [2.24, 2.45) is 0 Å². The van der Waals surface area contributed by atoms with Gasteiger partial charge in [0.2, 0.25) is 0 Å². The lowest BCUT2D eigenvalue weighted by Gasteiger charge is -2.16. The van der Waals surface area contributed by atoms with E-state index >= 15 is 0 Å². The summed E-state index contributed by atoms with van der Waals surface area (Å²) in [4.78, 5) is 12.9. The highest BCUT2D eigenvalue weighted by atomic mass is 35.5. The second-order valence-electron chi connectivity index (χ2n) is 7.55. The van der Waals surface area contributed by atoms with Crippen LogP contribution in [0.25, 0.3) is 0 Å². The quantitative estimate of drug-likeness (QED) is 0.393. The lowest BCUT2D eigenvalue weighted by Crippen LogP contribution is -2.18. The van der Waals surface area contributed by atoms with Crippen LogP contribution >= 0.6 is 11.6 Å². The van der Waals surface area contributed by atoms with E-state index in [0.717, 1.165) is 25.2 Å². The molecule has 1 unspecified atom stereocenters. The Labute approximate surface area is 198 Å². The molecular weight excluding hydrogens is 442 g/mol. The fourth-order valence-corrected chi connectivity index (χ4v) is 3.69. The Balaban J connectivity index is 1.34. The van der Waals surface area contributed by atoms with Crippen molar-refractivity contribution in [2.45, 2.75) is 18.9 Å². The molecule has 1 fully saturated rings. The molecular formula is C26H26ClNO5. The van der Waals surface area contributed by atoms with Crippen LogP contribution < -0.4 is 19.5 Å². The van der Waals surface area contributed by atoms with Crippen LogP contribution in [0.15, 0.2) is 72.8 Å². The Morgan fingerprint density at radius 2 is 1.70 bits per heavy atom. The molecule has 0 bridgehead atoms. The van der Waals surface area contributed by atoms with Gasteiger partial charge in [-0.2, -0.15) is 0 Å². The summed E-state index contributed by atoms with van der Waals surface area (Å²) >= 11 is 6.34. The Morgan fingerprint density at radius 3 is 2.48 bits per heavy atom. The number of hydrogen-bond acceptors (Lipinski definition) is 5. The number of carbonyl (C=O) groups is 1. The molecule has 3 aromatic carbocycles. The maximum Gasteiger partial charge on any atom is 0.255 e. The standard InChI is InChI=1S/C26H26ClNO5/c27-23-12-5-13-24(25(23)33-18-22-11-6-14-30-22)28-26(29)19-7-4-10-21(17-19)32-16-15-31-20-8-2-1-3-9-20/h1-5,7-10,12-13,17,22H,6,11,14-16,18H2,(H,28,29). The largest absolute Gasteiger partial charge is 0.490 e. The number of ether oxygens (including phenoxy) is 4. The molecule has 33 heavy (non-hydrogen) atoms. The number of rotatable bonds is 10. The van der Waals surface area contributed by atoms with Crippen LogP contribution in [0.1, 0.15) is 23.2 Å². The number of halogens is 1. The molecule has 4 rings (SSSR count). The second kappa shape index (κ2) is 11.6. The van der Waals surface area contributed by atoms with Crippen LogP contribution in [0.3, 0.4) is 0 Å². The van der Waals surface area contributed by atoms with Crippen LogP contribution in [-0.2, 0) is 4.74 Å². The van der Waals surface area contributed by atoms with Gasteiger partial charge in [0.15, 0.2) is 5.75 Å². The molecule has 3 aromatic rings. The average molecular weight is 468 g/mol. The van der Waals surface area contributed by atoms with Crippen molar-refractivity contribution in [1.29, 1.82) is 0 Å². The second-order valence-corrected chi connectivity index (χ2v) is 7.96. The molecule has 0 aromatic heterocycles. The molecule has 172 valence electrons. The third-order valence-electron chi connectivity index (χ3n) is 5.11. The van der Waals surface area contributed by atoms with Crippen LogP contribution in [0.4, 0.5) is 5.69 Å². The highest BCUT2D eigenvalue weighted by molar-refractivity contribution is 6.32. The molecule has 0 saturated carbocycles. The Morgan fingerprint density at radius 1 is 0.939 bits per heavy atom. The molecule has 0 spiro atoms. The molecule has 6 nitrogen and oxygen atoms in total. The first-order valence-corrected chi connectivity index (χ1v) is 11.3. The monoisotopic (exact) mass is 467 g/mol. The van der Waals surface area contributed by atoms with Crippen molar-refractivity contribution in [2.75, 3.05) is 31.7 Å². The van der Waals surface area contributed by atoms with E-state index in [-0.39, 0.29) is 12.0 Å². The lowest BCUT2D eigenvalue weighted by atomic mass is 10.2. The highest BCUT2D eigenvalue weighted by Crippen LogP contribution is 2.34. The first-order valence-electron chi connectivity index (χ1n) is 10.9. The average Bonchev–Trinajstić information content (AvgIpc) is 3.36. The summed E-state index contributed by atoms with van der Waals surface area (Å²) in [5.41, 5.74) is 0.967. The summed E-state index contributed by atoms with van der Waals surface area (Å²) in [5, 5.41) is 3.32. The molecule has 0 aliphatic carbocycles. The minimum atomic E-state index is -0.287. The molecule has 1 heterocycles. The molecule has 1 saturated heterocycles. The summed E-state index contributed by atoms with van der Waals surface area (Å²) in [7, 11) is 0. The van der Waals surface area contributed by atoms with Crippen molar-refractivity contribution >= 4 is 23.2 Å². The third kappa shape index (κ3) is 6.63. The zero-order valence-electron chi connectivity index (χ0n) is 18.2. The van der Waals surface area contributed by atoms with Gasteiger partial charge in [-0.05, 0) is 55.3 Å². The van der Waals surface area contributed by atoms with Gasteiger partial charge >= 0.3 is 0 Å². The van der Waals surface area contributed by atoms with E-state index in [9.17, 15) is 4.79 Å². The summed E-state index contributed by atoms with van der Waals surface area (Å²) in [6.07, 6.45) is 2.02. The third-order valence-corrected chi connectivity index (χ3v) is 5.41. The maximum atomic E-state index is 12.9. The van der Waals surface area contributed by atoms with E-state index in [1.807, 2.05) is 30.3 Å². The molecule has 7 heteroatoms. The number of hydrogen-bond donors (Lipinski definition) is 1. The molecule has 1 amide bonds. The normalized spacial score (nSPS) is 15.1. The lowest BCUT2D eigenvalue weighted by molar-refractivity contribution is 0.0682. The molecule has 1 atom stereocenters. The Bertz CT molecular complexity index is 1050. The number of benzene rings is 3. The van der Waals surface area contributed by atoms with E-state index in [2.05, 4.69) is 5.32 Å². The van der Waals surface area contributed by atoms with Crippen LogP contribution in [-0.4, -0.2) is 38.4 Å². The van der Waals surface area contributed by atoms with Crippen molar-refractivity contribution in [1.82, 2.24) is 0 Å². The minimum Gasteiger partial charge on any atom is -0.490 e. The van der Waals surface area contributed by atoms with Crippen molar-refractivity contribution in [3.05, 3.63) is 83.4 Å². The van der Waals surface area contributed by atoms with Gasteiger partial charge in [0.25, 0.3) is 5.91 Å². The maximum absolute atomic E-state index is 12.9. The predicted molar refractivity (Wildman–Crippen MR) is 128 cm³/mol. The summed E-state index contributed by atoms with van der Waals surface area (Å²) in [6, 6.07) is 21.8. The summed E-state index contributed by atoms with van der Waals surface area (Å²) in [6.45, 7) is 1.89. The van der Waals surface area contributed by atoms with Gasteiger partial charge in [-0.3, -0.25) is 4.79 Å². The van der Waals surface area contributed by atoms with Gasteiger partial charge in [-0.1, -0.05) is 41.9 Å². The molecule has 1 aliphatic heterocycles. The molecule has 1 aliphatic rings. The number of para-hydroxylation sites is 2. The van der Waals surface area contributed by atoms with Gasteiger partial charge in [-0.25, -0.2) is 0 Å². The van der Waals surface area contributed by atoms with E-state index in [1.165, 1.54) is 0 Å². The number of carbonyl (C=O) groups excluding carboxylic acids is 1. The Hall–Kier alpha value is -3.22. The van der Waals surface area contributed by atoms with Gasteiger partial charge in [0.1, 0.15) is 31.3 Å². The molecule has 0 radical (unpaired) electrons. The van der Waals surface area contributed by atoms with Crippen molar-refractivity contribution in [3.63, 3.8) is 0 Å². The van der Waals surface area contributed by atoms with Gasteiger partial charge in [0, 0.05) is 12.2 Å². The topological polar surface area (TPSA) is 66.0 Å². The van der Waals surface area contributed by atoms with Gasteiger partial charge < -0.3 is 24.3 Å². The van der Waals surface area contributed by atoms with Gasteiger partial charge in [0.05, 0.1) is 16.8 Å². The fourth-order valence-electron chi connectivity index (χ4n) is 3.46. The van der Waals surface area contributed by atoms with E-state index in [4.69, 9.17) is 30.5 Å². The first-order chi connectivity index (χ1) is 16.2. The minimum absolute atomic E-state index is 0.0459. The molecule has 1 N–H and O–H groups in total. The fraction of sp³-hybridized carbons (Fsp3) is 0.269. The van der Waals surface area contributed by atoms with Crippen LogP contribution in [0, 0.1) is 0 Å². The number of anilines is 1. The smallest absolute Gasteiger partial charge is 0.255 e. The highest BCUT2D eigenvalue weighted by Gasteiger charge is 2.19. The number of amides is 1. The van der Waals surface area contributed by atoms with E-state index in [0.29, 0.717) is 47.6 Å². The predicted octanol–water partition coefficient (Wildman–Crippen LogP) is 5.61. The van der Waals surface area contributed by atoms with Crippen molar-refractivity contribution < 1.29 is 23.7 Å². The summed E-state index contributed by atoms with van der Waals surface area (Å²) in [5.74, 6) is 1.52. The zero-order valence-corrected chi connectivity index (χ0v) is 18.9. The number of nitrogens with one attached hydrogen (secondary N) is 1. The van der Waals surface area contributed by atoms with Crippen molar-refractivity contribution in [3.8, 4) is 17.2 Å². The van der Waals surface area contributed by atoms with Gasteiger partial charge in [-0.15, -0.1) is 0 Å².